The molecule has 0 aliphatic rings. The van der Waals surface area contributed by atoms with Gasteiger partial charge < -0.3 is 10.3 Å². The van der Waals surface area contributed by atoms with E-state index in [0.29, 0.717) is 10.0 Å². The first kappa shape index (κ1) is 16.6. The molecule has 6 heteroatoms. The van der Waals surface area contributed by atoms with E-state index in [2.05, 4.69) is 15.3 Å². The van der Waals surface area contributed by atoms with E-state index in [9.17, 15) is 0 Å². The molecule has 23 heavy (non-hydrogen) atoms. The number of hydrogen-bond donors (Lipinski definition) is 2. The van der Waals surface area contributed by atoms with Gasteiger partial charge in [-0.25, -0.2) is 4.98 Å². The van der Waals surface area contributed by atoms with Gasteiger partial charge in [0.05, 0.1) is 11.0 Å². The van der Waals surface area contributed by atoms with E-state index in [1.54, 1.807) is 6.07 Å². The molecule has 0 aliphatic carbocycles. The number of aromatic amines is 1. The zero-order chi connectivity index (χ0) is 16.2. The molecule has 1 heterocycles. The predicted molar refractivity (Wildman–Crippen MR) is 97.6 cm³/mol. The molecule has 1 aromatic heterocycles. The second-order valence-electron chi connectivity index (χ2n) is 5.40. The molecular formula is C17H16Cl3N3. The topological polar surface area (TPSA) is 40.7 Å². The number of nitrogens with one attached hydrogen (secondary N) is 2. The van der Waals surface area contributed by atoms with Crippen LogP contribution in [-0.4, -0.2) is 16.5 Å². The van der Waals surface area contributed by atoms with Crippen molar-refractivity contribution in [3.63, 3.8) is 0 Å². The Morgan fingerprint density at radius 3 is 2.52 bits per heavy atom. The van der Waals surface area contributed by atoms with Gasteiger partial charge in [0.2, 0.25) is 0 Å². The summed E-state index contributed by atoms with van der Waals surface area (Å²) in [7, 11) is 0. The van der Waals surface area contributed by atoms with Crippen LogP contribution in [0.2, 0.25) is 15.1 Å². The van der Waals surface area contributed by atoms with Crippen molar-refractivity contribution >= 4 is 45.8 Å². The first-order valence-electron chi connectivity index (χ1n) is 7.40. The number of imidazole rings is 1. The lowest BCUT2D eigenvalue weighted by Crippen LogP contribution is -2.15. The second-order valence-corrected chi connectivity index (χ2v) is 6.71. The normalized spacial score (nSPS) is 11.3. The molecule has 0 unspecified atom stereocenters. The average molecular weight is 369 g/mol. The summed E-state index contributed by atoms with van der Waals surface area (Å²) in [5, 5.41) is 5.43. The molecule has 2 N–H and O–H groups in total. The van der Waals surface area contributed by atoms with Crippen LogP contribution in [0.3, 0.4) is 0 Å². The third-order valence-corrected chi connectivity index (χ3v) is 4.18. The van der Waals surface area contributed by atoms with Crippen LogP contribution in [0.5, 0.6) is 0 Å². The van der Waals surface area contributed by atoms with Crippen molar-refractivity contribution < 1.29 is 0 Å². The van der Waals surface area contributed by atoms with E-state index < -0.39 is 0 Å². The Kier molecular flexibility index (Phi) is 5.44. The third-order valence-electron chi connectivity index (χ3n) is 3.51. The van der Waals surface area contributed by atoms with Gasteiger partial charge >= 0.3 is 0 Å². The fraction of sp³-hybridized carbons (Fsp3) is 0.235. The van der Waals surface area contributed by atoms with Gasteiger partial charge in [-0.1, -0.05) is 34.8 Å². The van der Waals surface area contributed by atoms with Gasteiger partial charge in [-0.3, -0.25) is 0 Å². The molecule has 0 saturated heterocycles. The minimum atomic E-state index is 0.662. The summed E-state index contributed by atoms with van der Waals surface area (Å²) in [6.07, 6.45) is 1.87. The van der Waals surface area contributed by atoms with Crippen LogP contribution >= 0.6 is 34.8 Å². The highest BCUT2D eigenvalue weighted by atomic mass is 35.5. The highest BCUT2D eigenvalue weighted by Crippen LogP contribution is 2.19. The van der Waals surface area contributed by atoms with Gasteiger partial charge in [0.15, 0.2) is 0 Å². The zero-order valence-electron chi connectivity index (χ0n) is 12.4. The maximum atomic E-state index is 5.99. The maximum absolute atomic E-state index is 5.99. The van der Waals surface area contributed by atoms with Crippen molar-refractivity contribution in [1.29, 1.82) is 0 Å². The van der Waals surface area contributed by atoms with Crippen molar-refractivity contribution in [2.75, 3.05) is 6.54 Å². The maximum Gasteiger partial charge on any atom is 0.107 e. The standard InChI is InChI=1S/C17H16Cl3N3/c18-12-3-4-15-16(9-12)23-17(22-15)2-1-5-21-10-11-6-13(19)8-14(20)7-11/h3-4,6-9,21H,1-2,5,10H2,(H,22,23). The highest BCUT2D eigenvalue weighted by molar-refractivity contribution is 6.34. The van der Waals surface area contributed by atoms with E-state index in [0.717, 1.165) is 53.4 Å². The summed E-state index contributed by atoms with van der Waals surface area (Å²) in [5.74, 6) is 0.981. The van der Waals surface area contributed by atoms with Gasteiger partial charge in [0.1, 0.15) is 5.82 Å². The van der Waals surface area contributed by atoms with Crippen LogP contribution in [0, 0.1) is 0 Å². The molecule has 0 aliphatic heterocycles. The Morgan fingerprint density at radius 1 is 0.957 bits per heavy atom. The minimum Gasteiger partial charge on any atom is -0.342 e. The number of aromatic nitrogens is 2. The van der Waals surface area contributed by atoms with Crippen LogP contribution in [0.4, 0.5) is 0 Å². The Labute approximate surface area is 150 Å². The van der Waals surface area contributed by atoms with E-state index >= 15 is 0 Å². The van der Waals surface area contributed by atoms with E-state index in [1.807, 2.05) is 30.3 Å². The second kappa shape index (κ2) is 7.54. The predicted octanol–water partition coefficient (Wildman–Crippen LogP) is 5.25. The molecule has 120 valence electrons. The average Bonchev–Trinajstić information content (AvgIpc) is 2.87. The lowest BCUT2D eigenvalue weighted by molar-refractivity contribution is 0.641. The first-order valence-corrected chi connectivity index (χ1v) is 8.53. The number of nitrogens with zero attached hydrogens (tertiary/aromatic N) is 1. The molecule has 0 saturated carbocycles. The Morgan fingerprint density at radius 2 is 1.74 bits per heavy atom. The number of hydrogen-bond acceptors (Lipinski definition) is 2. The van der Waals surface area contributed by atoms with Gasteiger partial charge in [0, 0.05) is 28.0 Å². The van der Waals surface area contributed by atoms with E-state index in [-0.39, 0.29) is 0 Å². The van der Waals surface area contributed by atoms with Crippen LogP contribution in [0.1, 0.15) is 17.8 Å². The summed E-state index contributed by atoms with van der Waals surface area (Å²) in [5.41, 5.74) is 3.01. The summed E-state index contributed by atoms with van der Waals surface area (Å²) in [6, 6.07) is 11.3. The molecule has 0 radical (unpaired) electrons. The van der Waals surface area contributed by atoms with Gasteiger partial charge in [-0.2, -0.15) is 0 Å². The fourth-order valence-electron chi connectivity index (χ4n) is 2.48. The monoisotopic (exact) mass is 367 g/mol. The molecule has 2 aromatic carbocycles. The van der Waals surface area contributed by atoms with Crippen LogP contribution in [0.25, 0.3) is 11.0 Å². The van der Waals surface area contributed by atoms with Crippen molar-refractivity contribution in [3.05, 3.63) is 62.9 Å². The Balaban J connectivity index is 1.47. The summed E-state index contributed by atoms with van der Waals surface area (Å²) >= 11 is 17.9. The molecule has 3 aromatic rings. The molecule has 0 spiro atoms. The number of halogens is 3. The summed E-state index contributed by atoms with van der Waals surface area (Å²) in [6.45, 7) is 1.64. The van der Waals surface area contributed by atoms with Crippen molar-refractivity contribution in [1.82, 2.24) is 15.3 Å². The summed E-state index contributed by atoms with van der Waals surface area (Å²) < 4.78 is 0. The van der Waals surface area contributed by atoms with Crippen molar-refractivity contribution in [2.24, 2.45) is 0 Å². The van der Waals surface area contributed by atoms with Crippen LogP contribution in [-0.2, 0) is 13.0 Å². The minimum absolute atomic E-state index is 0.662. The molecule has 3 nitrogen and oxygen atoms in total. The molecular weight excluding hydrogens is 353 g/mol. The number of benzene rings is 2. The molecule has 0 bridgehead atoms. The Bertz CT molecular complexity index is 794. The quantitative estimate of drug-likeness (QED) is 0.584. The van der Waals surface area contributed by atoms with E-state index in [4.69, 9.17) is 34.8 Å². The third kappa shape index (κ3) is 4.61. The number of aryl methyl sites for hydroxylation is 1. The van der Waals surface area contributed by atoms with Gasteiger partial charge in [-0.15, -0.1) is 0 Å². The zero-order valence-corrected chi connectivity index (χ0v) is 14.6. The molecule has 0 amide bonds. The SMILES string of the molecule is Clc1cc(Cl)cc(CNCCCc2nc3ccc(Cl)cc3[nH]2)c1. The van der Waals surface area contributed by atoms with E-state index in [1.165, 1.54) is 0 Å². The number of H-pyrrole nitrogens is 1. The van der Waals surface area contributed by atoms with Gasteiger partial charge in [0.25, 0.3) is 0 Å². The molecule has 3 rings (SSSR count). The van der Waals surface area contributed by atoms with Gasteiger partial charge in [-0.05, 0) is 54.9 Å². The van der Waals surface area contributed by atoms with Crippen LogP contribution in [0.15, 0.2) is 36.4 Å². The highest BCUT2D eigenvalue weighted by Gasteiger charge is 2.03. The number of rotatable bonds is 6. The lowest BCUT2D eigenvalue weighted by Gasteiger charge is -2.05. The molecule has 0 fully saturated rings. The molecule has 0 atom stereocenters. The Hall–Kier alpha value is -1.26. The van der Waals surface area contributed by atoms with Crippen molar-refractivity contribution in [3.8, 4) is 0 Å². The van der Waals surface area contributed by atoms with Crippen LogP contribution < -0.4 is 5.32 Å². The lowest BCUT2D eigenvalue weighted by atomic mass is 10.2. The number of fused-ring (bicyclic) bond motifs is 1. The van der Waals surface area contributed by atoms with Crippen molar-refractivity contribution in [2.45, 2.75) is 19.4 Å². The fourth-order valence-corrected chi connectivity index (χ4v) is 3.22. The summed E-state index contributed by atoms with van der Waals surface area (Å²) in [4.78, 5) is 7.86. The smallest absolute Gasteiger partial charge is 0.107 e. The largest absolute Gasteiger partial charge is 0.342 e. The first-order chi connectivity index (χ1) is 11.1.